The lowest BCUT2D eigenvalue weighted by molar-refractivity contribution is -0.280. The maximum absolute atomic E-state index is 14.6. The average molecular weight is 886 g/mol. The van der Waals surface area contributed by atoms with Crippen molar-refractivity contribution in [1.29, 1.82) is 0 Å². The molecule has 7 unspecified atom stereocenters. The Morgan fingerprint density at radius 3 is 2.24 bits per heavy atom. The topological polar surface area (TPSA) is 214 Å². The summed E-state index contributed by atoms with van der Waals surface area (Å²) in [6.07, 6.45) is -5.50. The summed E-state index contributed by atoms with van der Waals surface area (Å²) in [5.41, 5.74) is -2.83. The molecule has 3 aliphatic rings. The van der Waals surface area contributed by atoms with Gasteiger partial charge in [-0.1, -0.05) is 59.7 Å². The van der Waals surface area contributed by atoms with Gasteiger partial charge in [0, 0.05) is 36.8 Å². The van der Waals surface area contributed by atoms with Crippen molar-refractivity contribution >= 4 is 17.7 Å². The molecule has 1 aromatic carbocycles. The Morgan fingerprint density at radius 1 is 0.889 bits per heavy atom. The number of ketones is 1. The van der Waals surface area contributed by atoms with Gasteiger partial charge in [0.25, 0.3) is 0 Å². The number of nitrogens with one attached hydrogen (secondary N) is 1. The molecule has 17 atom stereocenters. The largest absolute Gasteiger partial charge is 0.464 e. The van der Waals surface area contributed by atoms with Crippen molar-refractivity contribution in [3.8, 4) is 11.3 Å². The molecule has 3 aliphatic heterocycles. The monoisotopic (exact) mass is 886 g/mol. The molecule has 63 heavy (non-hydrogen) atoms. The highest BCUT2D eigenvalue weighted by Crippen LogP contribution is 2.44. The van der Waals surface area contributed by atoms with Crippen LogP contribution >= 0.6 is 0 Å². The van der Waals surface area contributed by atoms with Crippen LogP contribution in [-0.2, 0) is 39.8 Å². The summed E-state index contributed by atoms with van der Waals surface area (Å²) < 4.78 is 31.0. The smallest absolute Gasteiger partial charge is 0.311 e. The number of hydrogen-bond donors (Lipinski definition) is 6. The van der Waals surface area contributed by atoms with Gasteiger partial charge in [0.1, 0.15) is 23.2 Å². The first-order valence-corrected chi connectivity index (χ1v) is 22.9. The molecule has 1 aromatic heterocycles. The zero-order valence-corrected chi connectivity index (χ0v) is 39.2. The Labute approximate surface area is 373 Å². The Kier molecular flexibility index (Phi) is 16.6. The number of rotatable bonds is 10. The van der Waals surface area contributed by atoms with Crippen LogP contribution in [-0.4, -0.2) is 116 Å². The molecule has 0 bridgehead atoms. The summed E-state index contributed by atoms with van der Waals surface area (Å²) in [7, 11) is 0. The molecule has 3 saturated heterocycles. The second-order valence-electron chi connectivity index (χ2n) is 20.4. The highest BCUT2D eigenvalue weighted by atomic mass is 16.7. The van der Waals surface area contributed by atoms with E-state index in [1.165, 1.54) is 13.8 Å². The number of furan rings is 1. The summed E-state index contributed by atoms with van der Waals surface area (Å²) in [5, 5.41) is 61.8. The fourth-order valence-electron chi connectivity index (χ4n) is 10.6. The molecule has 0 radical (unpaired) electrons. The number of carbonyl (C=O) groups is 3. The standard InChI is InChI=1S/C49H75NO13/c1-26-20-28(3)60-37(42(26)53)23-35-29(4)43(63-40-25-47(8,9)45(55)32(7)61-40)31(6)46(56)62-38(49(11,58)44(54)30(5)41(52)27(2)24-48(35,10)57)17-18-50-39(51)22-33-14-12-15-34(21-33)36-16-13-19-59-36/h12-16,19,21,26-32,35,37-38,40,42-45,53-55,57-58H,17-18,20,22-25H2,1-11H3,(H,50,51)/t26?,27-,28?,29-,30+,31-,32?,35-,37?,38-,40?,42?,43+,44-,45?,48-,49-/m1/s1. The van der Waals surface area contributed by atoms with Crippen molar-refractivity contribution in [2.75, 3.05) is 6.54 Å². The first-order valence-electron chi connectivity index (χ1n) is 22.9. The van der Waals surface area contributed by atoms with Crippen molar-refractivity contribution in [2.24, 2.45) is 40.9 Å². The summed E-state index contributed by atoms with van der Waals surface area (Å²) in [4.78, 5) is 42.1. The minimum Gasteiger partial charge on any atom is -0.464 e. The molecule has 0 aliphatic carbocycles. The summed E-state index contributed by atoms with van der Waals surface area (Å²) in [5.74, 6) is -5.33. The van der Waals surface area contributed by atoms with Crippen molar-refractivity contribution < 1.29 is 63.3 Å². The lowest BCUT2D eigenvalue weighted by Gasteiger charge is -2.48. The van der Waals surface area contributed by atoms with Gasteiger partial charge in [0.15, 0.2) is 6.29 Å². The van der Waals surface area contributed by atoms with Gasteiger partial charge in [-0.2, -0.15) is 0 Å². The van der Waals surface area contributed by atoms with Gasteiger partial charge in [-0.05, 0) is 101 Å². The molecule has 5 rings (SSSR count). The number of hydrogen-bond acceptors (Lipinski definition) is 13. The van der Waals surface area contributed by atoms with Crippen LogP contribution in [0.5, 0.6) is 0 Å². The van der Waals surface area contributed by atoms with Crippen LogP contribution in [0.4, 0.5) is 0 Å². The van der Waals surface area contributed by atoms with E-state index in [0.29, 0.717) is 12.2 Å². The Morgan fingerprint density at radius 2 is 1.59 bits per heavy atom. The van der Waals surface area contributed by atoms with E-state index in [1.54, 1.807) is 40.0 Å². The number of amides is 1. The highest BCUT2D eigenvalue weighted by Gasteiger charge is 2.52. The predicted molar refractivity (Wildman–Crippen MR) is 235 cm³/mol. The van der Waals surface area contributed by atoms with Crippen LogP contribution < -0.4 is 5.32 Å². The van der Waals surface area contributed by atoms with E-state index in [0.717, 1.165) is 11.1 Å². The first-order chi connectivity index (χ1) is 29.3. The van der Waals surface area contributed by atoms with Gasteiger partial charge in [-0.3, -0.25) is 14.4 Å². The molecule has 4 heterocycles. The van der Waals surface area contributed by atoms with Crippen molar-refractivity contribution in [2.45, 2.75) is 181 Å². The van der Waals surface area contributed by atoms with Crippen molar-refractivity contribution in [1.82, 2.24) is 5.32 Å². The number of ether oxygens (including phenoxy) is 4. The van der Waals surface area contributed by atoms with E-state index in [1.807, 2.05) is 65.0 Å². The van der Waals surface area contributed by atoms with Gasteiger partial charge in [0.05, 0.1) is 66.9 Å². The third kappa shape index (κ3) is 12.0. The molecule has 1 amide bonds. The second-order valence-corrected chi connectivity index (χ2v) is 20.4. The zero-order valence-electron chi connectivity index (χ0n) is 39.2. The lowest BCUT2D eigenvalue weighted by Crippen LogP contribution is -2.58. The molecule has 14 nitrogen and oxygen atoms in total. The summed E-state index contributed by atoms with van der Waals surface area (Å²) >= 11 is 0. The fourth-order valence-corrected chi connectivity index (χ4v) is 10.6. The summed E-state index contributed by atoms with van der Waals surface area (Å²) in [6.45, 7) is 19.1. The number of cyclic esters (lactones) is 1. The van der Waals surface area contributed by atoms with Crippen LogP contribution in [0.1, 0.15) is 114 Å². The molecule has 354 valence electrons. The highest BCUT2D eigenvalue weighted by molar-refractivity contribution is 5.83. The number of aliphatic hydroxyl groups excluding tert-OH is 3. The van der Waals surface area contributed by atoms with Gasteiger partial charge in [0.2, 0.25) is 5.91 Å². The molecule has 0 saturated carbocycles. The maximum atomic E-state index is 14.6. The van der Waals surface area contributed by atoms with Crippen LogP contribution in [0.15, 0.2) is 47.1 Å². The van der Waals surface area contributed by atoms with E-state index in [2.05, 4.69) is 5.32 Å². The Balaban J connectivity index is 1.48. The predicted octanol–water partition coefficient (Wildman–Crippen LogP) is 5.38. The lowest BCUT2D eigenvalue weighted by atomic mass is 9.67. The summed E-state index contributed by atoms with van der Waals surface area (Å²) in [6, 6.07) is 11.0. The van der Waals surface area contributed by atoms with E-state index in [-0.39, 0.29) is 56.6 Å². The molecule has 6 N–H and O–H groups in total. The fraction of sp³-hybridized carbons (Fsp3) is 0.735. The molecule has 3 fully saturated rings. The molecular formula is C49H75NO13. The SMILES string of the molecule is CC1CC(C)C(O)C(C[C@@H]2[C@@H](C)[C@H](OC3CC(C)(C)C(O)C(C)O3)[C@@H](C)C(=O)O[C@H](CCNC(=O)Cc3cccc(-c4ccco4)c3)[C@@](C)(O)[C@H](O)[C@@H](C)C(=O)[C@H](C)C[C@@]2(C)O)O1. The van der Waals surface area contributed by atoms with Crippen molar-refractivity contribution in [3.63, 3.8) is 0 Å². The van der Waals surface area contributed by atoms with Gasteiger partial charge in [-0.25, -0.2) is 0 Å². The number of aliphatic hydroxyl groups is 5. The van der Waals surface area contributed by atoms with Gasteiger partial charge < -0.3 is 54.2 Å². The maximum Gasteiger partial charge on any atom is 0.311 e. The van der Waals surface area contributed by atoms with Crippen LogP contribution in [0.3, 0.4) is 0 Å². The van der Waals surface area contributed by atoms with Crippen molar-refractivity contribution in [3.05, 3.63) is 48.2 Å². The third-order valence-corrected chi connectivity index (χ3v) is 14.5. The third-order valence-electron chi connectivity index (χ3n) is 14.5. The Hall–Kier alpha value is -3.21. The molecule has 14 heteroatoms. The minimum absolute atomic E-state index is 0.0385. The first kappa shape index (κ1) is 50.8. The number of carbonyl (C=O) groups excluding carboxylic acids is 3. The quantitative estimate of drug-likeness (QED) is 0.166. The second kappa shape index (κ2) is 20.5. The van der Waals surface area contributed by atoms with Crippen LogP contribution in [0, 0.1) is 40.9 Å². The minimum atomic E-state index is -2.17. The van der Waals surface area contributed by atoms with E-state index < -0.39 is 107 Å². The van der Waals surface area contributed by atoms with Gasteiger partial charge >= 0.3 is 5.97 Å². The van der Waals surface area contributed by atoms with Crippen LogP contribution in [0.25, 0.3) is 11.3 Å². The van der Waals surface area contributed by atoms with Crippen LogP contribution in [0.2, 0.25) is 0 Å². The number of benzene rings is 1. The molecule has 2 aromatic rings. The molecule has 0 spiro atoms. The average Bonchev–Trinajstić information content (AvgIpc) is 3.76. The number of esters is 1. The van der Waals surface area contributed by atoms with E-state index >= 15 is 0 Å². The zero-order chi connectivity index (χ0) is 46.8. The van der Waals surface area contributed by atoms with Gasteiger partial charge in [-0.15, -0.1) is 0 Å². The normalized spacial score (nSPS) is 40.7. The molecular weight excluding hydrogens is 811 g/mol. The van der Waals surface area contributed by atoms with E-state index in [9.17, 15) is 39.9 Å². The number of Topliss-reactive ketones (excluding diaryl/α,β-unsaturated/α-hetero) is 1. The Bertz CT molecular complexity index is 1830. The van der Waals surface area contributed by atoms with E-state index in [4.69, 9.17) is 23.4 Å².